The van der Waals surface area contributed by atoms with Gasteiger partial charge in [0.1, 0.15) is 0 Å². The molecule has 0 atom stereocenters. The number of fused-ring (bicyclic) bond motifs is 1. The number of rotatable bonds is 7. The molecule has 1 N–H and O–H groups in total. The van der Waals surface area contributed by atoms with Crippen molar-refractivity contribution >= 4 is 44.8 Å². The van der Waals surface area contributed by atoms with Crippen molar-refractivity contribution in [1.82, 2.24) is 9.37 Å². The molecule has 1 saturated heterocycles. The molecule has 11 nitrogen and oxygen atoms in total. The Morgan fingerprint density at radius 1 is 0.822 bits per heavy atom. The standard InChI is InChI=1S/C33H43N5O6S/c1-2-44-31(39)22-45(42,43)35-13-11-34(12-14-35)27-7-9-28(10-8-27)36-15-16-37(30-6-4-3-5-29(30)36)33(40)38(41)32-25-18-23-17-24(20-25)21-26(32)19-23/h3-10,23-26,32,41H,2,11-22H2,1H3. The first-order chi connectivity index (χ1) is 21.7. The summed E-state index contributed by atoms with van der Waals surface area (Å²) < 4.78 is 31.5. The number of esters is 1. The van der Waals surface area contributed by atoms with Crippen molar-refractivity contribution in [2.45, 2.75) is 45.1 Å². The van der Waals surface area contributed by atoms with Crippen LogP contribution in [0.3, 0.4) is 0 Å². The van der Waals surface area contributed by atoms with Crippen molar-refractivity contribution in [3.8, 4) is 0 Å². The minimum atomic E-state index is -3.71. The third kappa shape index (κ3) is 5.76. The van der Waals surface area contributed by atoms with Gasteiger partial charge in [-0.3, -0.25) is 14.9 Å². The zero-order valence-electron chi connectivity index (χ0n) is 25.8. The summed E-state index contributed by atoms with van der Waals surface area (Å²) in [6.07, 6.45) is 5.85. The van der Waals surface area contributed by atoms with Crippen LogP contribution in [0.4, 0.5) is 27.5 Å². The van der Waals surface area contributed by atoms with Gasteiger partial charge in [0.25, 0.3) is 0 Å². The summed E-state index contributed by atoms with van der Waals surface area (Å²) in [4.78, 5) is 31.7. The molecule has 2 amide bonds. The van der Waals surface area contributed by atoms with Crippen molar-refractivity contribution in [3.63, 3.8) is 0 Å². The van der Waals surface area contributed by atoms with Crippen LogP contribution in [0.15, 0.2) is 48.5 Å². The molecule has 45 heavy (non-hydrogen) atoms. The molecule has 4 aliphatic carbocycles. The van der Waals surface area contributed by atoms with Crippen LogP contribution in [0.25, 0.3) is 0 Å². The van der Waals surface area contributed by atoms with E-state index in [9.17, 15) is 23.2 Å². The van der Waals surface area contributed by atoms with Crippen molar-refractivity contribution in [1.29, 1.82) is 0 Å². The highest BCUT2D eigenvalue weighted by Crippen LogP contribution is 2.55. The lowest BCUT2D eigenvalue weighted by atomic mass is 9.54. The van der Waals surface area contributed by atoms with E-state index in [1.54, 1.807) is 11.8 Å². The highest BCUT2D eigenvalue weighted by molar-refractivity contribution is 7.89. The normalized spacial score (nSPS) is 27.8. The minimum Gasteiger partial charge on any atom is -0.465 e. The van der Waals surface area contributed by atoms with E-state index in [2.05, 4.69) is 21.9 Å². The molecule has 5 fully saturated rings. The Balaban J connectivity index is 1.01. The highest BCUT2D eigenvalue weighted by Gasteiger charge is 2.52. The molecule has 4 saturated carbocycles. The van der Waals surface area contributed by atoms with Crippen molar-refractivity contribution in [2.24, 2.45) is 23.7 Å². The number of para-hydroxylation sites is 2. The van der Waals surface area contributed by atoms with Gasteiger partial charge in [-0.15, -0.1) is 0 Å². The monoisotopic (exact) mass is 637 g/mol. The van der Waals surface area contributed by atoms with E-state index in [0.717, 1.165) is 65.3 Å². The van der Waals surface area contributed by atoms with E-state index in [0.29, 0.717) is 51.1 Å². The Bertz CT molecular complexity index is 1500. The minimum absolute atomic E-state index is 0.0809. The number of amides is 2. The average Bonchev–Trinajstić information content (AvgIpc) is 3.03. The number of carbonyl (C=O) groups excluding carboxylic acids is 2. The summed E-state index contributed by atoms with van der Waals surface area (Å²) in [5, 5.41) is 12.4. The first-order valence-electron chi connectivity index (χ1n) is 16.4. The van der Waals surface area contributed by atoms with E-state index in [1.807, 2.05) is 36.4 Å². The molecule has 8 rings (SSSR count). The molecular formula is C33H43N5O6S. The Hall–Kier alpha value is -3.35. The molecule has 0 aromatic heterocycles. The molecule has 12 heteroatoms. The molecule has 0 radical (unpaired) electrons. The van der Waals surface area contributed by atoms with Crippen molar-refractivity contribution in [2.75, 3.05) is 66.3 Å². The zero-order chi connectivity index (χ0) is 31.3. The fraction of sp³-hybridized carbons (Fsp3) is 0.576. The lowest BCUT2D eigenvalue weighted by molar-refractivity contribution is -0.160. The number of hydrogen-bond donors (Lipinski definition) is 1. The number of hydrogen-bond acceptors (Lipinski definition) is 8. The predicted octanol–water partition coefficient (Wildman–Crippen LogP) is 4.30. The van der Waals surface area contributed by atoms with Gasteiger partial charge in [-0.1, -0.05) is 12.1 Å². The Labute approximate surface area is 265 Å². The molecule has 242 valence electrons. The van der Waals surface area contributed by atoms with Gasteiger partial charge in [0.2, 0.25) is 10.0 Å². The van der Waals surface area contributed by atoms with Crippen LogP contribution in [0.5, 0.6) is 0 Å². The summed E-state index contributed by atoms with van der Waals surface area (Å²) in [6.45, 7) is 4.51. The molecular weight excluding hydrogens is 594 g/mol. The van der Waals surface area contributed by atoms with E-state index < -0.39 is 21.7 Å². The van der Waals surface area contributed by atoms with Gasteiger partial charge >= 0.3 is 12.0 Å². The quantitative estimate of drug-likeness (QED) is 0.272. The van der Waals surface area contributed by atoms with E-state index in [-0.39, 0.29) is 18.7 Å². The zero-order valence-corrected chi connectivity index (χ0v) is 26.6. The lowest BCUT2D eigenvalue weighted by Crippen LogP contribution is -2.59. The van der Waals surface area contributed by atoms with Crippen LogP contribution in [0, 0.1) is 23.7 Å². The topological polar surface area (TPSA) is 114 Å². The average molecular weight is 638 g/mol. The van der Waals surface area contributed by atoms with Gasteiger partial charge in [-0.2, -0.15) is 4.31 Å². The fourth-order valence-electron chi connectivity index (χ4n) is 8.89. The van der Waals surface area contributed by atoms with E-state index >= 15 is 0 Å². The van der Waals surface area contributed by atoms with Gasteiger partial charge in [0, 0.05) is 50.6 Å². The number of piperazine rings is 1. The molecule has 4 bridgehead atoms. The second-order valence-electron chi connectivity index (χ2n) is 13.3. The number of hydroxylamine groups is 2. The molecule has 2 heterocycles. The van der Waals surface area contributed by atoms with Gasteiger partial charge in [0.15, 0.2) is 5.75 Å². The van der Waals surface area contributed by atoms with Crippen LogP contribution >= 0.6 is 0 Å². The first kappa shape index (κ1) is 30.3. The first-order valence-corrected chi connectivity index (χ1v) is 18.0. The van der Waals surface area contributed by atoms with E-state index in [1.165, 1.54) is 10.7 Å². The van der Waals surface area contributed by atoms with Gasteiger partial charge in [0.05, 0.1) is 24.0 Å². The third-order valence-corrected chi connectivity index (χ3v) is 12.4. The van der Waals surface area contributed by atoms with Gasteiger partial charge < -0.3 is 14.5 Å². The Morgan fingerprint density at radius 2 is 1.42 bits per heavy atom. The second-order valence-corrected chi connectivity index (χ2v) is 15.3. The number of sulfonamides is 1. The van der Waals surface area contributed by atoms with Gasteiger partial charge in [-0.05, 0) is 99.1 Å². The van der Waals surface area contributed by atoms with Crippen molar-refractivity contribution < 1.29 is 28.0 Å². The highest BCUT2D eigenvalue weighted by atomic mass is 32.2. The SMILES string of the molecule is CCOC(=O)CS(=O)(=O)N1CCN(c2ccc(N3CCN(C(=O)N(O)C4C5CC6CC(C5)CC4C6)c4ccccc43)cc2)CC1. The third-order valence-electron chi connectivity index (χ3n) is 10.7. The maximum absolute atomic E-state index is 13.8. The number of nitrogens with zero attached hydrogens (tertiary/aromatic N) is 5. The van der Waals surface area contributed by atoms with Crippen LogP contribution < -0.4 is 14.7 Å². The maximum Gasteiger partial charge on any atom is 0.348 e. The summed E-state index contributed by atoms with van der Waals surface area (Å²) in [7, 11) is -3.71. The number of benzene rings is 2. The molecule has 2 aliphatic heterocycles. The number of carbonyl (C=O) groups is 2. The van der Waals surface area contributed by atoms with Crippen LogP contribution in [0.1, 0.15) is 39.0 Å². The van der Waals surface area contributed by atoms with Crippen LogP contribution in [0.2, 0.25) is 0 Å². The lowest BCUT2D eigenvalue weighted by Gasteiger charge is -2.56. The molecule has 6 aliphatic rings. The summed E-state index contributed by atoms with van der Waals surface area (Å²) in [5.41, 5.74) is 3.70. The van der Waals surface area contributed by atoms with Gasteiger partial charge in [-0.25, -0.2) is 18.3 Å². The molecule has 0 unspecified atom stereocenters. The molecule has 2 aromatic rings. The Morgan fingerprint density at radius 3 is 2.04 bits per heavy atom. The summed E-state index contributed by atoms with van der Waals surface area (Å²) in [6, 6.07) is 15.7. The van der Waals surface area contributed by atoms with Crippen molar-refractivity contribution in [3.05, 3.63) is 48.5 Å². The molecule has 2 aromatic carbocycles. The maximum atomic E-state index is 13.8. The Kier molecular flexibility index (Phi) is 8.16. The number of ether oxygens (including phenoxy) is 1. The second kappa shape index (κ2) is 12.1. The smallest absolute Gasteiger partial charge is 0.348 e. The number of anilines is 4. The number of urea groups is 1. The largest absolute Gasteiger partial charge is 0.465 e. The fourth-order valence-corrected chi connectivity index (χ4v) is 10.2. The summed E-state index contributed by atoms with van der Waals surface area (Å²) >= 11 is 0. The van der Waals surface area contributed by atoms with Crippen LogP contribution in [-0.2, 0) is 19.6 Å². The van der Waals surface area contributed by atoms with E-state index in [4.69, 9.17) is 4.74 Å². The predicted molar refractivity (Wildman–Crippen MR) is 171 cm³/mol. The summed E-state index contributed by atoms with van der Waals surface area (Å²) in [5.74, 6) is 0.996. The van der Waals surface area contributed by atoms with Crippen LogP contribution in [-0.4, -0.2) is 92.7 Å². The molecule has 0 spiro atoms.